The van der Waals surface area contributed by atoms with E-state index in [9.17, 15) is 0 Å². The Balaban J connectivity index is 3.60. The topological polar surface area (TPSA) is 60.7 Å². The normalized spacial score (nSPS) is 9.50. The van der Waals surface area contributed by atoms with Gasteiger partial charge in [0.05, 0.1) is 6.61 Å². The van der Waals surface area contributed by atoms with Crippen molar-refractivity contribution in [3.63, 3.8) is 0 Å². The predicted octanol–water partition coefficient (Wildman–Crippen LogP) is -0.330. The Morgan fingerprint density at radius 3 is 1.80 bits per heavy atom. The van der Waals surface area contributed by atoms with Gasteiger partial charge in [0.15, 0.2) is 0 Å². The van der Waals surface area contributed by atoms with E-state index in [2.05, 4.69) is 0 Å². The average Bonchev–Trinajstić information content (AvgIpc) is 1.90. The van der Waals surface area contributed by atoms with Crippen molar-refractivity contribution in [2.45, 2.75) is 12.8 Å². The molecule has 3 N–H and O–H groups in total. The lowest BCUT2D eigenvalue weighted by Gasteiger charge is -2.00. The van der Waals surface area contributed by atoms with E-state index in [-0.39, 0.29) is 19.8 Å². The lowest BCUT2D eigenvalue weighted by molar-refractivity contribution is 0.278. The fraction of sp³-hybridized carbons (Fsp3) is 0.714. The van der Waals surface area contributed by atoms with Crippen LogP contribution in [0, 0.1) is 0 Å². The second kappa shape index (κ2) is 6.74. The van der Waals surface area contributed by atoms with E-state index in [4.69, 9.17) is 15.3 Å². The van der Waals surface area contributed by atoms with Gasteiger partial charge in [-0.15, -0.1) is 0 Å². The molecule has 0 aromatic carbocycles. The van der Waals surface area contributed by atoms with Gasteiger partial charge in [0, 0.05) is 13.2 Å². The van der Waals surface area contributed by atoms with E-state index in [1.54, 1.807) is 6.08 Å². The predicted molar refractivity (Wildman–Crippen MR) is 38.6 cm³/mol. The van der Waals surface area contributed by atoms with Crippen molar-refractivity contribution in [1.29, 1.82) is 0 Å². The first-order chi connectivity index (χ1) is 4.85. The van der Waals surface area contributed by atoms with E-state index < -0.39 is 0 Å². The van der Waals surface area contributed by atoms with Crippen LogP contribution in [0.3, 0.4) is 0 Å². The van der Waals surface area contributed by atoms with Crippen LogP contribution in [-0.2, 0) is 0 Å². The zero-order valence-electron chi connectivity index (χ0n) is 5.95. The maximum atomic E-state index is 8.49. The smallest absolute Gasteiger partial charge is 0.0615 e. The van der Waals surface area contributed by atoms with Crippen LogP contribution < -0.4 is 0 Å². The SMILES string of the molecule is OCC=C(CCO)CCO. The summed E-state index contributed by atoms with van der Waals surface area (Å²) in [4.78, 5) is 0. The summed E-state index contributed by atoms with van der Waals surface area (Å²) in [6.45, 7) is 0.132. The highest BCUT2D eigenvalue weighted by molar-refractivity contribution is 5.01. The third-order valence-electron chi connectivity index (χ3n) is 1.25. The van der Waals surface area contributed by atoms with Gasteiger partial charge in [-0.2, -0.15) is 0 Å². The Kier molecular flexibility index (Phi) is 6.48. The van der Waals surface area contributed by atoms with Crippen molar-refractivity contribution in [1.82, 2.24) is 0 Å². The third-order valence-corrected chi connectivity index (χ3v) is 1.25. The van der Waals surface area contributed by atoms with Gasteiger partial charge in [-0.25, -0.2) is 0 Å². The van der Waals surface area contributed by atoms with Crippen molar-refractivity contribution in [3.8, 4) is 0 Å². The molecule has 0 unspecified atom stereocenters. The molecule has 0 bridgehead atoms. The van der Waals surface area contributed by atoms with Crippen LogP contribution in [0.4, 0.5) is 0 Å². The first-order valence-corrected chi connectivity index (χ1v) is 3.35. The molecule has 0 saturated carbocycles. The quantitative estimate of drug-likeness (QED) is 0.465. The summed E-state index contributed by atoms with van der Waals surface area (Å²) in [7, 11) is 0. The number of hydrogen-bond acceptors (Lipinski definition) is 3. The maximum Gasteiger partial charge on any atom is 0.0615 e. The molecule has 60 valence electrons. The van der Waals surface area contributed by atoms with E-state index in [0.29, 0.717) is 12.8 Å². The maximum absolute atomic E-state index is 8.49. The minimum absolute atomic E-state index is 0.0185. The molecular formula is C7H14O3. The highest BCUT2D eigenvalue weighted by Crippen LogP contribution is 2.04. The second-order valence-corrected chi connectivity index (χ2v) is 1.99. The van der Waals surface area contributed by atoms with Gasteiger partial charge >= 0.3 is 0 Å². The summed E-state index contributed by atoms with van der Waals surface area (Å²) in [5, 5.41) is 25.4. The molecule has 0 fully saturated rings. The first kappa shape index (κ1) is 9.62. The molecule has 0 atom stereocenters. The van der Waals surface area contributed by atoms with Crippen molar-refractivity contribution in [3.05, 3.63) is 11.6 Å². The molecule has 0 heterocycles. The van der Waals surface area contributed by atoms with Gasteiger partial charge in [-0.05, 0) is 12.8 Å². The Labute approximate surface area is 60.6 Å². The Bertz CT molecular complexity index is 91.0. The fourth-order valence-corrected chi connectivity index (χ4v) is 0.745. The molecule has 0 aromatic heterocycles. The van der Waals surface area contributed by atoms with Gasteiger partial charge in [-0.1, -0.05) is 11.6 Å². The third kappa shape index (κ3) is 4.49. The lowest BCUT2D eigenvalue weighted by Crippen LogP contribution is -1.94. The zero-order chi connectivity index (χ0) is 7.82. The van der Waals surface area contributed by atoms with Gasteiger partial charge < -0.3 is 15.3 Å². The fourth-order valence-electron chi connectivity index (χ4n) is 0.745. The molecule has 3 heteroatoms. The Morgan fingerprint density at radius 2 is 1.50 bits per heavy atom. The molecule has 3 nitrogen and oxygen atoms in total. The molecule has 0 aromatic rings. The summed E-state index contributed by atoms with van der Waals surface area (Å²) < 4.78 is 0. The van der Waals surface area contributed by atoms with E-state index in [0.717, 1.165) is 5.57 Å². The lowest BCUT2D eigenvalue weighted by atomic mass is 10.1. The largest absolute Gasteiger partial charge is 0.396 e. The monoisotopic (exact) mass is 146 g/mol. The second-order valence-electron chi connectivity index (χ2n) is 1.99. The highest BCUT2D eigenvalue weighted by atomic mass is 16.3. The molecule has 0 rings (SSSR count). The number of aliphatic hydroxyl groups is 3. The molecule has 0 aliphatic heterocycles. The van der Waals surface area contributed by atoms with Gasteiger partial charge in [0.25, 0.3) is 0 Å². The van der Waals surface area contributed by atoms with Gasteiger partial charge in [0.2, 0.25) is 0 Å². The minimum Gasteiger partial charge on any atom is -0.396 e. The number of aliphatic hydroxyl groups excluding tert-OH is 3. The van der Waals surface area contributed by atoms with Crippen molar-refractivity contribution >= 4 is 0 Å². The Hall–Kier alpha value is -0.380. The summed E-state index contributed by atoms with van der Waals surface area (Å²) in [5.41, 5.74) is 0.910. The number of hydrogen-bond donors (Lipinski definition) is 3. The molecule has 0 amide bonds. The first-order valence-electron chi connectivity index (χ1n) is 3.35. The highest BCUT2D eigenvalue weighted by Gasteiger charge is 1.93. The van der Waals surface area contributed by atoms with Gasteiger partial charge in [0.1, 0.15) is 0 Å². The minimum atomic E-state index is -0.0185. The van der Waals surface area contributed by atoms with Crippen LogP contribution >= 0.6 is 0 Å². The standard InChI is InChI=1S/C7H14O3/c8-4-1-7(2-5-9)3-6-10/h1,8-10H,2-6H2. The van der Waals surface area contributed by atoms with Crippen molar-refractivity contribution in [2.24, 2.45) is 0 Å². The average molecular weight is 146 g/mol. The van der Waals surface area contributed by atoms with Crippen molar-refractivity contribution in [2.75, 3.05) is 19.8 Å². The van der Waals surface area contributed by atoms with Crippen LogP contribution in [0.1, 0.15) is 12.8 Å². The van der Waals surface area contributed by atoms with Crippen LogP contribution in [0.2, 0.25) is 0 Å². The zero-order valence-corrected chi connectivity index (χ0v) is 5.95. The summed E-state index contributed by atoms with van der Waals surface area (Å²) >= 11 is 0. The Morgan fingerprint density at radius 1 is 1.00 bits per heavy atom. The molecule has 10 heavy (non-hydrogen) atoms. The molecule has 0 aliphatic carbocycles. The van der Waals surface area contributed by atoms with Crippen LogP contribution in [-0.4, -0.2) is 35.1 Å². The van der Waals surface area contributed by atoms with Crippen molar-refractivity contribution < 1.29 is 15.3 Å². The summed E-state index contributed by atoms with van der Waals surface area (Å²) in [5.74, 6) is 0. The molecule has 0 spiro atoms. The van der Waals surface area contributed by atoms with E-state index in [1.807, 2.05) is 0 Å². The van der Waals surface area contributed by atoms with Crippen LogP contribution in [0.15, 0.2) is 11.6 Å². The molecule has 0 aliphatic rings. The summed E-state index contributed by atoms with van der Waals surface area (Å²) in [6, 6.07) is 0. The molecular weight excluding hydrogens is 132 g/mol. The molecule has 0 saturated heterocycles. The number of rotatable bonds is 5. The van der Waals surface area contributed by atoms with Gasteiger partial charge in [-0.3, -0.25) is 0 Å². The van der Waals surface area contributed by atoms with Crippen LogP contribution in [0.25, 0.3) is 0 Å². The summed E-state index contributed by atoms with van der Waals surface area (Å²) in [6.07, 6.45) is 2.70. The van der Waals surface area contributed by atoms with Crippen LogP contribution in [0.5, 0.6) is 0 Å². The molecule has 0 radical (unpaired) electrons. The van der Waals surface area contributed by atoms with E-state index >= 15 is 0 Å². The van der Waals surface area contributed by atoms with E-state index in [1.165, 1.54) is 0 Å².